The first-order valence-corrected chi connectivity index (χ1v) is 6.27. The summed E-state index contributed by atoms with van der Waals surface area (Å²) in [5.74, 6) is -0.265. The Kier molecular flexibility index (Phi) is 3.79. The quantitative estimate of drug-likeness (QED) is 0.733. The lowest BCUT2D eigenvalue weighted by molar-refractivity contribution is -0.138. The van der Waals surface area contributed by atoms with Crippen molar-refractivity contribution in [3.05, 3.63) is 24.4 Å². The predicted octanol–water partition coefficient (Wildman–Crippen LogP) is 1.38. The Morgan fingerprint density at radius 2 is 2.44 bits per heavy atom. The maximum Gasteiger partial charge on any atom is 0.321 e. The molecule has 0 bridgehead atoms. The molecule has 1 aromatic heterocycles. The van der Waals surface area contributed by atoms with Gasteiger partial charge in [0, 0.05) is 18.0 Å². The van der Waals surface area contributed by atoms with Crippen molar-refractivity contribution >= 4 is 17.7 Å². The number of aromatic nitrogens is 1. The summed E-state index contributed by atoms with van der Waals surface area (Å²) < 4.78 is 0. The highest BCUT2D eigenvalue weighted by atomic mass is 32.2. The van der Waals surface area contributed by atoms with Gasteiger partial charge >= 0.3 is 5.97 Å². The summed E-state index contributed by atoms with van der Waals surface area (Å²) in [5, 5.41) is 13.0. The minimum atomic E-state index is -0.782. The topological polar surface area (TPSA) is 62.2 Å². The SMILES string of the molecule is O=C(O)C(CSc1ccccn1)NC1CC1. The Balaban J connectivity index is 1.83. The lowest BCUT2D eigenvalue weighted by Gasteiger charge is -2.12. The van der Waals surface area contributed by atoms with Crippen LogP contribution in [0.25, 0.3) is 0 Å². The summed E-state index contributed by atoms with van der Waals surface area (Å²) in [7, 11) is 0. The van der Waals surface area contributed by atoms with Crippen LogP contribution in [-0.2, 0) is 4.79 Å². The molecule has 1 saturated carbocycles. The van der Waals surface area contributed by atoms with Crippen LogP contribution in [0, 0.1) is 0 Å². The Bertz CT molecular complexity index is 354. The van der Waals surface area contributed by atoms with Gasteiger partial charge in [0.1, 0.15) is 6.04 Å². The average molecular weight is 238 g/mol. The molecule has 5 heteroatoms. The molecule has 1 aromatic rings. The number of nitrogens with one attached hydrogen (secondary N) is 1. The van der Waals surface area contributed by atoms with Gasteiger partial charge in [0.15, 0.2) is 0 Å². The van der Waals surface area contributed by atoms with Gasteiger partial charge in [-0.2, -0.15) is 0 Å². The number of nitrogens with zero attached hydrogens (tertiary/aromatic N) is 1. The van der Waals surface area contributed by atoms with E-state index in [1.54, 1.807) is 6.20 Å². The Morgan fingerprint density at radius 3 is 3.00 bits per heavy atom. The molecule has 0 aliphatic heterocycles. The zero-order valence-corrected chi connectivity index (χ0v) is 9.61. The van der Waals surface area contributed by atoms with Gasteiger partial charge in [0.25, 0.3) is 0 Å². The highest BCUT2D eigenvalue weighted by Gasteiger charge is 2.28. The molecule has 0 aromatic carbocycles. The van der Waals surface area contributed by atoms with Gasteiger partial charge in [-0.05, 0) is 25.0 Å². The van der Waals surface area contributed by atoms with Crippen molar-refractivity contribution in [2.24, 2.45) is 0 Å². The van der Waals surface area contributed by atoms with Crippen molar-refractivity contribution in [1.82, 2.24) is 10.3 Å². The van der Waals surface area contributed by atoms with E-state index in [1.165, 1.54) is 11.8 Å². The molecule has 4 nitrogen and oxygen atoms in total. The third-order valence-corrected chi connectivity index (χ3v) is 3.39. The fraction of sp³-hybridized carbons (Fsp3) is 0.455. The van der Waals surface area contributed by atoms with E-state index in [4.69, 9.17) is 5.11 Å². The van der Waals surface area contributed by atoms with E-state index in [1.807, 2.05) is 18.2 Å². The van der Waals surface area contributed by atoms with Crippen LogP contribution < -0.4 is 5.32 Å². The minimum Gasteiger partial charge on any atom is -0.480 e. The van der Waals surface area contributed by atoms with Gasteiger partial charge in [-0.1, -0.05) is 6.07 Å². The molecule has 0 saturated heterocycles. The van der Waals surface area contributed by atoms with E-state index < -0.39 is 12.0 Å². The summed E-state index contributed by atoms with van der Waals surface area (Å²) in [6.07, 6.45) is 3.91. The number of hydrogen-bond donors (Lipinski definition) is 2. The van der Waals surface area contributed by atoms with Gasteiger partial charge < -0.3 is 10.4 Å². The molecule has 1 heterocycles. The van der Waals surface area contributed by atoms with E-state index in [0.717, 1.165) is 17.9 Å². The molecule has 2 rings (SSSR count). The summed E-state index contributed by atoms with van der Waals surface area (Å²) in [6, 6.07) is 5.58. The van der Waals surface area contributed by atoms with Crippen LogP contribution in [0.3, 0.4) is 0 Å². The van der Waals surface area contributed by atoms with Crippen molar-refractivity contribution in [2.45, 2.75) is 30.0 Å². The molecule has 2 N–H and O–H groups in total. The molecular weight excluding hydrogens is 224 g/mol. The molecule has 0 amide bonds. The first-order valence-electron chi connectivity index (χ1n) is 5.28. The lowest BCUT2D eigenvalue weighted by Crippen LogP contribution is -2.40. The largest absolute Gasteiger partial charge is 0.480 e. The Labute approximate surface area is 98.5 Å². The Hall–Kier alpha value is -1.07. The van der Waals surface area contributed by atoms with Crippen LogP contribution >= 0.6 is 11.8 Å². The van der Waals surface area contributed by atoms with E-state index in [2.05, 4.69) is 10.3 Å². The van der Waals surface area contributed by atoms with Crippen LogP contribution in [-0.4, -0.2) is 33.9 Å². The van der Waals surface area contributed by atoms with E-state index in [9.17, 15) is 4.79 Å². The number of pyridine rings is 1. The number of carboxylic acids is 1. The second kappa shape index (κ2) is 5.32. The lowest BCUT2D eigenvalue weighted by atomic mass is 10.3. The highest BCUT2D eigenvalue weighted by molar-refractivity contribution is 7.99. The van der Waals surface area contributed by atoms with Crippen LogP contribution in [0.1, 0.15) is 12.8 Å². The summed E-state index contributed by atoms with van der Waals surface area (Å²) in [5.41, 5.74) is 0. The summed E-state index contributed by atoms with van der Waals surface area (Å²) in [4.78, 5) is 15.1. The van der Waals surface area contributed by atoms with Crippen LogP contribution in [0.5, 0.6) is 0 Å². The minimum absolute atomic E-state index is 0.408. The average Bonchev–Trinajstić information content (AvgIpc) is 3.09. The summed E-state index contributed by atoms with van der Waals surface area (Å²) in [6.45, 7) is 0. The molecule has 1 atom stereocenters. The highest BCUT2D eigenvalue weighted by Crippen LogP contribution is 2.21. The van der Waals surface area contributed by atoms with Gasteiger partial charge in [-0.25, -0.2) is 4.98 Å². The van der Waals surface area contributed by atoms with Crippen molar-refractivity contribution in [1.29, 1.82) is 0 Å². The van der Waals surface area contributed by atoms with Crippen LogP contribution in [0.2, 0.25) is 0 Å². The third kappa shape index (κ3) is 3.50. The summed E-state index contributed by atoms with van der Waals surface area (Å²) >= 11 is 1.47. The molecule has 16 heavy (non-hydrogen) atoms. The second-order valence-corrected chi connectivity index (χ2v) is 4.85. The zero-order chi connectivity index (χ0) is 11.4. The van der Waals surface area contributed by atoms with Gasteiger partial charge in [0.05, 0.1) is 5.03 Å². The van der Waals surface area contributed by atoms with Crippen LogP contribution in [0.15, 0.2) is 29.4 Å². The molecule has 1 aliphatic carbocycles. The molecule has 0 radical (unpaired) electrons. The maximum atomic E-state index is 11.0. The molecule has 0 spiro atoms. The monoisotopic (exact) mass is 238 g/mol. The maximum absolute atomic E-state index is 11.0. The fourth-order valence-corrected chi connectivity index (χ4v) is 2.21. The van der Waals surface area contributed by atoms with Crippen molar-refractivity contribution in [3.63, 3.8) is 0 Å². The number of hydrogen-bond acceptors (Lipinski definition) is 4. The van der Waals surface area contributed by atoms with Crippen LogP contribution in [0.4, 0.5) is 0 Å². The number of aliphatic carboxylic acids is 1. The predicted molar refractivity (Wildman–Crippen MR) is 62.5 cm³/mol. The number of thioether (sulfide) groups is 1. The smallest absolute Gasteiger partial charge is 0.321 e. The number of rotatable bonds is 6. The first-order chi connectivity index (χ1) is 7.75. The van der Waals surface area contributed by atoms with Gasteiger partial charge in [0.2, 0.25) is 0 Å². The molecule has 1 aliphatic rings. The molecule has 1 fully saturated rings. The zero-order valence-electron chi connectivity index (χ0n) is 8.80. The Morgan fingerprint density at radius 1 is 1.62 bits per heavy atom. The number of carboxylic acid groups (broad SMARTS) is 1. The molecular formula is C11H14N2O2S. The normalized spacial score (nSPS) is 17.0. The van der Waals surface area contributed by atoms with Crippen molar-refractivity contribution < 1.29 is 9.90 Å². The van der Waals surface area contributed by atoms with Gasteiger partial charge in [-0.3, -0.25) is 4.79 Å². The second-order valence-electron chi connectivity index (χ2n) is 3.81. The number of carbonyl (C=O) groups is 1. The standard InChI is InChI=1S/C11H14N2O2S/c14-11(15)9(13-8-4-5-8)7-16-10-3-1-2-6-12-10/h1-3,6,8-9,13H,4-5,7H2,(H,14,15). The van der Waals surface area contributed by atoms with E-state index in [-0.39, 0.29) is 0 Å². The third-order valence-electron chi connectivity index (χ3n) is 2.35. The molecule has 1 unspecified atom stereocenters. The first kappa shape index (κ1) is 11.4. The van der Waals surface area contributed by atoms with E-state index >= 15 is 0 Å². The van der Waals surface area contributed by atoms with Gasteiger partial charge in [-0.15, -0.1) is 11.8 Å². The van der Waals surface area contributed by atoms with Crippen molar-refractivity contribution in [3.8, 4) is 0 Å². The molecule has 86 valence electrons. The fourth-order valence-electron chi connectivity index (χ4n) is 1.33. The van der Waals surface area contributed by atoms with E-state index in [0.29, 0.717) is 11.8 Å². The van der Waals surface area contributed by atoms with Crippen molar-refractivity contribution in [2.75, 3.05) is 5.75 Å².